The number of carbonyl (C=O) groups excluding carboxylic acids is 2. The molecule has 0 bridgehead atoms. The molecular weight excluding hydrogens is 274 g/mol. The molecule has 0 atom stereocenters. The van der Waals surface area contributed by atoms with Crippen LogP contribution in [-0.4, -0.2) is 28.4 Å². The smallest absolute Gasteiger partial charge is 0.278 e. The van der Waals surface area contributed by atoms with Crippen LogP contribution in [0.25, 0.3) is 0 Å². The van der Waals surface area contributed by atoms with Crippen LogP contribution in [0.15, 0.2) is 36.7 Å². The molecule has 108 valence electrons. The zero-order chi connectivity index (χ0) is 15.2. The zero-order valence-electron chi connectivity index (χ0n) is 10.9. The van der Waals surface area contributed by atoms with Gasteiger partial charge in [0.05, 0.1) is 0 Å². The van der Waals surface area contributed by atoms with Gasteiger partial charge in [-0.05, 0) is 24.3 Å². The number of aromatic nitrogens is 2. The summed E-state index contributed by atoms with van der Waals surface area (Å²) in [5.41, 5.74) is 11.1. The minimum Gasteiger partial charge on any atom is -0.484 e. The molecule has 8 nitrogen and oxygen atoms in total. The topological polar surface area (TPSA) is 133 Å². The average molecular weight is 287 g/mol. The molecule has 2 rings (SSSR count). The number of ether oxygens (including phenoxy) is 1. The fraction of sp³-hybridized carbons (Fsp3) is 0.0769. The van der Waals surface area contributed by atoms with Gasteiger partial charge in [0, 0.05) is 18.1 Å². The number of primary amides is 1. The molecular formula is C13H13N5O3. The van der Waals surface area contributed by atoms with Crippen molar-refractivity contribution >= 4 is 23.3 Å². The molecule has 1 heterocycles. The lowest BCUT2D eigenvalue weighted by Crippen LogP contribution is -2.20. The van der Waals surface area contributed by atoms with E-state index in [1.54, 1.807) is 24.3 Å². The molecule has 2 aromatic rings. The van der Waals surface area contributed by atoms with Crippen molar-refractivity contribution in [3.8, 4) is 5.75 Å². The summed E-state index contributed by atoms with van der Waals surface area (Å²) in [7, 11) is 0. The normalized spacial score (nSPS) is 9.90. The van der Waals surface area contributed by atoms with Crippen molar-refractivity contribution in [1.82, 2.24) is 9.97 Å². The minimum absolute atomic E-state index is 0.0477. The van der Waals surface area contributed by atoms with Crippen LogP contribution in [0.5, 0.6) is 5.75 Å². The molecule has 0 saturated heterocycles. The summed E-state index contributed by atoms with van der Waals surface area (Å²) in [6, 6.07) is 6.42. The Morgan fingerprint density at radius 2 is 1.81 bits per heavy atom. The molecule has 5 N–H and O–H groups in total. The van der Waals surface area contributed by atoms with E-state index in [9.17, 15) is 9.59 Å². The fourth-order valence-electron chi connectivity index (χ4n) is 1.50. The van der Waals surface area contributed by atoms with E-state index in [4.69, 9.17) is 16.2 Å². The second kappa shape index (κ2) is 6.33. The molecule has 0 saturated carbocycles. The first-order valence-electron chi connectivity index (χ1n) is 5.95. The molecule has 0 fully saturated rings. The van der Waals surface area contributed by atoms with Gasteiger partial charge in [0.25, 0.3) is 11.8 Å². The van der Waals surface area contributed by atoms with E-state index in [0.29, 0.717) is 11.4 Å². The van der Waals surface area contributed by atoms with Crippen molar-refractivity contribution in [3.05, 3.63) is 42.4 Å². The second-order valence-corrected chi connectivity index (χ2v) is 4.02. The maximum atomic E-state index is 11.9. The highest BCUT2D eigenvalue weighted by Gasteiger charge is 2.12. The Bertz CT molecular complexity index is 657. The van der Waals surface area contributed by atoms with E-state index in [-0.39, 0.29) is 18.1 Å². The molecule has 0 radical (unpaired) electrons. The van der Waals surface area contributed by atoms with Crippen LogP contribution < -0.4 is 21.5 Å². The maximum Gasteiger partial charge on any atom is 0.278 e. The lowest BCUT2D eigenvalue weighted by molar-refractivity contribution is -0.119. The quantitative estimate of drug-likeness (QED) is 0.718. The number of nitrogen functional groups attached to an aromatic ring is 1. The zero-order valence-corrected chi connectivity index (χ0v) is 10.9. The van der Waals surface area contributed by atoms with Crippen molar-refractivity contribution in [1.29, 1.82) is 0 Å². The average Bonchev–Trinajstić information content (AvgIpc) is 2.47. The number of anilines is 2. The molecule has 1 aromatic heterocycles. The minimum atomic E-state index is -0.564. The molecule has 0 unspecified atom stereocenters. The summed E-state index contributed by atoms with van der Waals surface area (Å²) in [6.45, 7) is -0.207. The van der Waals surface area contributed by atoms with Crippen LogP contribution >= 0.6 is 0 Å². The summed E-state index contributed by atoms with van der Waals surface area (Å²) in [5, 5.41) is 2.62. The molecule has 0 aliphatic carbocycles. The first-order valence-corrected chi connectivity index (χ1v) is 5.95. The number of carbonyl (C=O) groups is 2. The van der Waals surface area contributed by atoms with Crippen LogP contribution in [0.2, 0.25) is 0 Å². The van der Waals surface area contributed by atoms with Gasteiger partial charge in [0.2, 0.25) is 0 Å². The Hall–Kier alpha value is -3.16. The first kappa shape index (κ1) is 14.3. The Labute approximate surface area is 120 Å². The van der Waals surface area contributed by atoms with Crippen molar-refractivity contribution in [2.24, 2.45) is 5.73 Å². The number of rotatable bonds is 5. The van der Waals surface area contributed by atoms with E-state index in [2.05, 4.69) is 15.3 Å². The van der Waals surface area contributed by atoms with Crippen molar-refractivity contribution in [2.75, 3.05) is 17.7 Å². The lowest BCUT2D eigenvalue weighted by Gasteiger charge is -2.07. The highest BCUT2D eigenvalue weighted by atomic mass is 16.5. The molecule has 0 aliphatic heterocycles. The van der Waals surface area contributed by atoms with Gasteiger partial charge in [0.1, 0.15) is 5.75 Å². The summed E-state index contributed by atoms with van der Waals surface area (Å²) in [4.78, 5) is 30.2. The lowest BCUT2D eigenvalue weighted by atomic mass is 10.3. The van der Waals surface area contributed by atoms with Crippen LogP contribution in [-0.2, 0) is 4.79 Å². The van der Waals surface area contributed by atoms with Crippen molar-refractivity contribution in [3.63, 3.8) is 0 Å². The van der Waals surface area contributed by atoms with E-state index in [0.717, 1.165) is 0 Å². The van der Waals surface area contributed by atoms with Gasteiger partial charge in [-0.2, -0.15) is 0 Å². The van der Waals surface area contributed by atoms with Crippen LogP contribution in [0, 0.1) is 0 Å². The maximum absolute atomic E-state index is 11.9. The Balaban J connectivity index is 2.02. The summed E-state index contributed by atoms with van der Waals surface area (Å²) in [5.74, 6) is -0.515. The molecule has 0 aliphatic rings. The van der Waals surface area contributed by atoms with Crippen LogP contribution in [0.3, 0.4) is 0 Å². The number of nitrogens with zero attached hydrogens (tertiary/aromatic N) is 2. The van der Waals surface area contributed by atoms with Gasteiger partial charge in [-0.1, -0.05) is 0 Å². The molecule has 0 spiro atoms. The van der Waals surface area contributed by atoms with E-state index < -0.39 is 11.8 Å². The van der Waals surface area contributed by atoms with Gasteiger partial charge in [-0.15, -0.1) is 0 Å². The predicted octanol–water partition coefficient (Wildman–Crippen LogP) is 0.175. The predicted molar refractivity (Wildman–Crippen MR) is 75.5 cm³/mol. The number of hydrogen-bond donors (Lipinski definition) is 3. The Morgan fingerprint density at radius 1 is 1.14 bits per heavy atom. The number of amides is 2. The SMILES string of the molecule is NC(=O)COc1ccc(NC(=O)c2nccnc2N)cc1. The first-order chi connectivity index (χ1) is 10.1. The number of hydrogen-bond acceptors (Lipinski definition) is 6. The summed E-state index contributed by atoms with van der Waals surface area (Å²) in [6.07, 6.45) is 2.78. The van der Waals surface area contributed by atoms with Crippen molar-refractivity contribution in [2.45, 2.75) is 0 Å². The largest absolute Gasteiger partial charge is 0.484 e. The monoisotopic (exact) mass is 287 g/mol. The van der Waals surface area contributed by atoms with Gasteiger partial charge in [-0.25, -0.2) is 9.97 Å². The third-order valence-corrected chi connectivity index (χ3v) is 2.43. The highest BCUT2D eigenvalue weighted by molar-refractivity contribution is 6.05. The van der Waals surface area contributed by atoms with Gasteiger partial charge in [-0.3, -0.25) is 9.59 Å². The number of nitrogens with two attached hydrogens (primary N) is 2. The number of benzene rings is 1. The summed E-state index contributed by atoms with van der Waals surface area (Å²) >= 11 is 0. The van der Waals surface area contributed by atoms with Gasteiger partial charge >= 0.3 is 0 Å². The molecule has 21 heavy (non-hydrogen) atoms. The molecule has 8 heteroatoms. The Morgan fingerprint density at radius 3 is 2.43 bits per heavy atom. The highest BCUT2D eigenvalue weighted by Crippen LogP contribution is 2.16. The van der Waals surface area contributed by atoms with Gasteiger partial charge < -0.3 is 21.5 Å². The summed E-state index contributed by atoms with van der Waals surface area (Å²) < 4.78 is 5.10. The molecule has 2 amide bonds. The third kappa shape index (κ3) is 3.90. The van der Waals surface area contributed by atoms with E-state index in [1.807, 2.05) is 0 Å². The second-order valence-electron chi connectivity index (χ2n) is 4.02. The Kier molecular flexibility index (Phi) is 4.30. The van der Waals surface area contributed by atoms with Crippen LogP contribution in [0.1, 0.15) is 10.5 Å². The standard InChI is InChI=1S/C13H13N5O3/c14-10(19)7-21-9-3-1-8(2-4-9)18-13(20)11-12(15)17-6-5-16-11/h1-6H,7H2,(H2,14,19)(H2,15,17)(H,18,20). The van der Waals surface area contributed by atoms with E-state index >= 15 is 0 Å². The third-order valence-electron chi connectivity index (χ3n) is 2.43. The molecule has 1 aromatic carbocycles. The number of nitrogens with one attached hydrogen (secondary N) is 1. The van der Waals surface area contributed by atoms with Crippen LogP contribution in [0.4, 0.5) is 11.5 Å². The fourth-order valence-corrected chi connectivity index (χ4v) is 1.50. The van der Waals surface area contributed by atoms with Crippen molar-refractivity contribution < 1.29 is 14.3 Å². The van der Waals surface area contributed by atoms with E-state index in [1.165, 1.54) is 12.4 Å². The van der Waals surface area contributed by atoms with Gasteiger partial charge in [0.15, 0.2) is 18.1 Å².